The normalized spacial score (nSPS) is 13.0. The fraction of sp³-hybridized carbons (Fsp3) is 0.435. The predicted octanol–water partition coefficient (Wildman–Crippen LogP) is 20.3. The number of alkyl halides is 9. The molecule has 570 valence electrons. The number of ether oxygens (including phenoxy) is 1. The number of aliphatic hydroxyl groups is 1. The maximum atomic E-state index is 12.8. The van der Waals surface area contributed by atoms with Gasteiger partial charge in [-0.1, -0.05) is 87.2 Å². The summed E-state index contributed by atoms with van der Waals surface area (Å²) in [6.07, 6.45) is 6.00. The van der Waals surface area contributed by atoms with Crippen LogP contribution >= 0.6 is 69.9 Å². The van der Waals surface area contributed by atoms with Crippen molar-refractivity contribution in [1.82, 2.24) is 40.3 Å². The standard InChI is InChI=1S/C19H20F3N3S.C16H27BO2S.C9H5ClF3N3.C9H5ClF3NO2.C7H6ClNO.C4H8O.C3H6.C2H6O.ClH.H2N2.H2O.H2/c1-2-3-4-5-6-13-8-10-26-18(13)14-7-9-23-15(11-14)16-12-17(25-24-16)19(20,21)22;1-6-7-8-9-10-13-11-12-20-14(13)17-18-15(2,3)16(4,5)19-17;10-5-1-2-14-6(3-5)7-4-8(16-15-7)9(11,12)13;10-5-1-2-14-6(3-5)7(15)4-8(16)9(11,12)13;1-5(10)7-4-6(8)2-3-9-7;1-2-4-5-3-1;1-3-2;1-2-3;;1-2;;/h7-12H,2-6H2,1H3,(H,24,25);11-12H,6-10H2,1-5H3;1-4H,(H,15,16);1-3H,4H2;2-4H,1H3;1-4H2;1-3H2;3H,2H2,1H3;1H;1-2H;1H2;1H. The van der Waals surface area contributed by atoms with E-state index in [0.29, 0.717) is 27.1 Å². The summed E-state index contributed by atoms with van der Waals surface area (Å²) in [5, 5.41) is 24.1. The largest absolute Gasteiger partial charge is 0.505 e. The van der Waals surface area contributed by atoms with Crippen LogP contribution in [0.3, 0.4) is 0 Å². The Morgan fingerprint density at radius 2 is 1.06 bits per heavy atom. The highest BCUT2D eigenvalue weighted by molar-refractivity contribution is 7.21. The summed E-state index contributed by atoms with van der Waals surface area (Å²) in [5.41, 5.74) is 12.5. The Labute approximate surface area is 626 Å². The van der Waals surface area contributed by atoms with Gasteiger partial charge in [-0.2, -0.15) is 61.0 Å². The zero-order valence-corrected chi connectivity index (χ0v) is 63.0. The molecule has 10 rings (SSSR count). The molecular weight excluding hydrogens is 1480 g/mol. The quantitative estimate of drug-likeness (QED) is 0.0102. The van der Waals surface area contributed by atoms with E-state index in [9.17, 15) is 53.9 Å². The number of thiophene rings is 2. The summed E-state index contributed by atoms with van der Waals surface area (Å²) in [6, 6.07) is 18.6. The number of carbonyl (C=O) groups excluding carboxylic acids is 3. The van der Waals surface area contributed by atoms with Crippen LogP contribution in [0.1, 0.15) is 177 Å². The van der Waals surface area contributed by atoms with E-state index >= 15 is 0 Å². The second kappa shape index (κ2) is 49.2. The molecule has 0 saturated carbocycles. The predicted molar refractivity (Wildman–Crippen MR) is 393 cm³/mol. The molecule has 7 N–H and O–H groups in total. The number of aryl methyl sites for hydroxylation is 2. The van der Waals surface area contributed by atoms with Crippen LogP contribution in [-0.4, -0.2) is 113 Å². The molecule has 10 heterocycles. The van der Waals surface area contributed by atoms with Gasteiger partial charge < -0.3 is 24.6 Å². The smallest absolute Gasteiger partial charge is 0.412 e. The van der Waals surface area contributed by atoms with Crippen molar-refractivity contribution in [1.29, 1.82) is 11.1 Å². The second-order valence-corrected chi connectivity index (χ2v) is 25.9. The van der Waals surface area contributed by atoms with E-state index < -0.39 is 47.9 Å². The van der Waals surface area contributed by atoms with Crippen LogP contribution in [0.5, 0.6) is 0 Å². The average Bonchev–Trinajstić information content (AvgIpc) is 1.62. The van der Waals surface area contributed by atoms with E-state index in [1.165, 1.54) is 117 Å². The van der Waals surface area contributed by atoms with E-state index in [4.69, 9.17) is 65.0 Å². The van der Waals surface area contributed by atoms with E-state index in [1.54, 1.807) is 54.0 Å². The minimum atomic E-state index is -5.01. The average molecular weight is 1580 g/mol. The first kappa shape index (κ1) is 96.3. The molecular formula is C69H90BCl4F9N10O8S2. The molecule has 2 fully saturated rings. The molecule has 0 bridgehead atoms. The van der Waals surface area contributed by atoms with Crippen LogP contribution in [0.25, 0.3) is 33.2 Å². The molecule has 0 atom stereocenters. The highest BCUT2D eigenvalue weighted by atomic mass is 35.5. The van der Waals surface area contributed by atoms with Gasteiger partial charge >= 0.3 is 25.6 Å². The van der Waals surface area contributed by atoms with Gasteiger partial charge in [0.2, 0.25) is 5.78 Å². The first-order valence-electron chi connectivity index (χ1n) is 31.9. The lowest BCUT2D eigenvalue weighted by Crippen LogP contribution is -2.41. The number of nitrogens with zero attached hydrogens (tertiary/aromatic N) is 6. The van der Waals surface area contributed by atoms with Crippen molar-refractivity contribution in [3.8, 4) is 33.2 Å². The van der Waals surface area contributed by atoms with Crippen molar-refractivity contribution in [3.05, 3.63) is 171 Å². The van der Waals surface area contributed by atoms with Gasteiger partial charge in [-0.15, -0.1) is 23.7 Å². The zero-order valence-electron chi connectivity index (χ0n) is 58.2. The van der Waals surface area contributed by atoms with E-state index in [0.717, 1.165) is 67.5 Å². The van der Waals surface area contributed by atoms with Gasteiger partial charge in [-0.25, -0.2) is 11.1 Å². The SMILES string of the molecule is C1CCOC1.CC(=O)c1cc(Cl)ccn1.CCCCCCc1ccsc1-c1ccnc(-c2cc(C(F)(F)F)[nH]n2)c1.CCCCCCc1ccsc1B1OC(C)(C)C(C)(C)O1.CCO.Cl.FC(F)(F)c1cc(-c2cc(Cl)ccn2)n[nH]1.N=N.O.O=C(CC(=O)C(F)(F)F)c1cc(Cl)ccn1.[CH2+]C[CH2-].[HH]. The Morgan fingerprint density at radius 1 is 0.641 bits per heavy atom. The van der Waals surface area contributed by atoms with Crippen LogP contribution in [0.4, 0.5) is 39.5 Å². The summed E-state index contributed by atoms with van der Waals surface area (Å²) < 4.78 is 129. The molecule has 103 heavy (non-hydrogen) atoms. The third-order valence-corrected chi connectivity index (χ3v) is 16.9. The number of carbonyl (C=O) groups is 3. The summed E-state index contributed by atoms with van der Waals surface area (Å²) in [5.74, 6) is -3.17. The Balaban J connectivity index is 0. The summed E-state index contributed by atoms with van der Waals surface area (Å²) in [4.78, 5) is 48.9. The number of H-pyrrole nitrogens is 2. The van der Waals surface area contributed by atoms with Gasteiger partial charge in [-0.05, 0) is 180 Å². The van der Waals surface area contributed by atoms with E-state index in [1.807, 2.05) is 16.3 Å². The van der Waals surface area contributed by atoms with Crippen LogP contribution in [-0.2, 0) is 44.0 Å². The van der Waals surface area contributed by atoms with Gasteiger partial charge in [-0.3, -0.25) is 51.4 Å². The first-order chi connectivity index (χ1) is 47.7. The van der Waals surface area contributed by atoms with Crippen molar-refractivity contribution >= 4 is 99.1 Å². The number of aromatic nitrogens is 8. The number of pyridine rings is 4. The van der Waals surface area contributed by atoms with E-state index in [-0.39, 0.29) is 72.1 Å². The third kappa shape index (κ3) is 35.3. The van der Waals surface area contributed by atoms with Gasteiger partial charge in [0.1, 0.15) is 34.2 Å². The number of hydrogen-bond donors (Lipinski definition) is 5. The number of unbranched alkanes of at least 4 members (excludes halogenated alkanes) is 6. The number of Topliss-reactive ketones (excluding diaryl/α,β-unsaturated/α-hetero) is 3. The van der Waals surface area contributed by atoms with Crippen LogP contribution in [0.15, 0.2) is 108 Å². The van der Waals surface area contributed by atoms with Gasteiger partial charge in [0, 0.05) is 84.6 Å². The fourth-order valence-corrected chi connectivity index (χ4v) is 10.8. The Kier molecular flexibility index (Phi) is 46.0. The summed E-state index contributed by atoms with van der Waals surface area (Å²) in [7, 11) is -0.193. The zero-order chi connectivity index (χ0) is 76.0. The molecule has 0 aliphatic carbocycles. The highest BCUT2D eigenvalue weighted by Crippen LogP contribution is 2.38. The molecule has 0 amide bonds. The molecule has 2 aliphatic heterocycles. The van der Waals surface area contributed by atoms with Crippen molar-refractivity contribution in [3.63, 3.8) is 0 Å². The molecule has 18 nitrogen and oxygen atoms in total. The molecule has 0 radical (unpaired) electrons. The topological polar surface area (TPSA) is 287 Å². The molecule has 0 unspecified atom stereocenters. The van der Waals surface area contributed by atoms with Crippen molar-refractivity contribution in [2.45, 2.75) is 175 Å². The second-order valence-electron chi connectivity index (χ2n) is 22.7. The molecule has 0 aromatic carbocycles. The number of halogens is 13. The molecule has 2 saturated heterocycles. The molecule has 8 aromatic heterocycles. The highest BCUT2D eigenvalue weighted by Gasteiger charge is 2.52. The lowest BCUT2D eigenvalue weighted by atomic mass is 9.83. The minimum absolute atomic E-state index is 0. The lowest BCUT2D eigenvalue weighted by Gasteiger charge is -2.32. The lowest BCUT2D eigenvalue weighted by molar-refractivity contribution is -0.170. The van der Waals surface area contributed by atoms with Gasteiger partial charge in [0.05, 0.1) is 29.0 Å². The van der Waals surface area contributed by atoms with Crippen LogP contribution < -0.4 is 4.78 Å². The number of hydrogen-bond acceptors (Lipinski definition) is 17. The molecule has 8 aromatic rings. The van der Waals surface area contributed by atoms with Crippen molar-refractivity contribution in [2.75, 3.05) is 19.8 Å². The monoisotopic (exact) mass is 1570 g/mol. The van der Waals surface area contributed by atoms with Gasteiger partial charge in [0.25, 0.3) is 0 Å². The van der Waals surface area contributed by atoms with Crippen molar-refractivity contribution < 1.29 is 80.0 Å². The first-order valence-corrected chi connectivity index (χ1v) is 34.8. The van der Waals surface area contributed by atoms with E-state index in [2.05, 4.69) is 108 Å². The minimum Gasteiger partial charge on any atom is -0.412 e. The summed E-state index contributed by atoms with van der Waals surface area (Å²) in [6.45, 7) is 25.0. The maximum Gasteiger partial charge on any atom is 0.505 e. The maximum absolute atomic E-state index is 12.8. The third-order valence-electron chi connectivity index (χ3n) is 14.2. The number of nitrogens with one attached hydrogen (secondary N) is 4. The Bertz CT molecular complexity index is 3690. The number of aromatic amines is 2. The summed E-state index contributed by atoms with van der Waals surface area (Å²) >= 11 is 20.2. The Morgan fingerprint density at radius 3 is 1.47 bits per heavy atom. The van der Waals surface area contributed by atoms with Crippen LogP contribution in [0, 0.1) is 24.9 Å². The fourth-order valence-electron chi connectivity index (χ4n) is 8.44. The van der Waals surface area contributed by atoms with Gasteiger partial charge in [0.15, 0.2) is 11.6 Å². The number of ketones is 3. The number of rotatable bonds is 18. The van der Waals surface area contributed by atoms with Crippen molar-refractivity contribution in [2.24, 2.45) is 0 Å². The molecule has 34 heteroatoms. The molecule has 0 spiro atoms. The molecule has 2 aliphatic rings. The van der Waals surface area contributed by atoms with Crippen LogP contribution in [0.2, 0.25) is 15.1 Å². The number of aliphatic hydroxyl groups excluding tert-OH is 1. The Hall–Kier alpha value is -6.71.